The van der Waals surface area contributed by atoms with Crippen molar-refractivity contribution in [1.29, 1.82) is 0 Å². The van der Waals surface area contributed by atoms with Gasteiger partial charge in [-0.15, -0.1) is 0 Å². The number of anilines is 1. The molecule has 0 spiro atoms. The van der Waals surface area contributed by atoms with E-state index < -0.39 is 17.9 Å². The molecule has 3 rings (SSSR count). The molecule has 0 saturated heterocycles. The lowest BCUT2D eigenvalue weighted by atomic mass is 10.0. The van der Waals surface area contributed by atoms with E-state index in [4.69, 9.17) is 0 Å². The molecule has 1 amide bonds. The predicted octanol–water partition coefficient (Wildman–Crippen LogP) is 2.60. The Balaban J connectivity index is 1.69. The van der Waals surface area contributed by atoms with Crippen LogP contribution in [-0.2, 0) is 28.9 Å². The average molecular weight is 380 g/mol. The molecule has 28 heavy (non-hydrogen) atoms. The lowest BCUT2D eigenvalue weighted by Crippen LogP contribution is -2.42. The van der Waals surface area contributed by atoms with Crippen LogP contribution in [0.1, 0.15) is 40.4 Å². The molecular formula is C22H24N2O4. The summed E-state index contributed by atoms with van der Waals surface area (Å²) in [6, 6.07) is 11.7. The quantitative estimate of drug-likeness (QED) is 0.654. The molecule has 2 aromatic carbocycles. The van der Waals surface area contributed by atoms with Gasteiger partial charge in [0.2, 0.25) is 0 Å². The highest BCUT2D eigenvalue weighted by atomic mass is 16.4. The largest absolute Gasteiger partial charge is 0.480 e. The molecule has 1 aliphatic heterocycles. The van der Waals surface area contributed by atoms with E-state index in [9.17, 15) is 19.5 Å². The number of hydrogen-bond donors (Lipinski definition) is 3. The van der Waals surface area contributed by atoms with Gasteiger partial charge in [-0.05, 0) is 29.2 Å². The summed E-state index contributed by atoms with van der Waals surface area (Å²) in [7, 11) is 0. The van der Waals surface area contributed by atoms with E-state index >= 15 is 0 Å². The minimum atomic E-state index is -1.08. The first-order chi connectivity index (χ1) is 13.5. The van der Waals surface area contributed by atoms with Crippen molar-refractivity contribution in [3.63, 3.8) is 0 Å². The summed E-state index contributed by atoms with van der Waals surface area (Å²) in [5.74, 6) is -1.32. The van der Waals surface area contributed by atoms with Gasteiger partial charge in [0.05, 0.1) is 11.3 Å². The zero-order chi connectivity index (χ0) is 20.1. The van der Waals surface area contributed by atoms with Crippen LogP contribution in [0.2, 0.25) is 0 Å². The van der Waals surface area contributed by atoms with Gasteiger partial charge in [-0.1, -0.05) is 43.3 Å². The fourth-order valence-corrected chi connectivity index (χ4v) is 3.35. The van der Waals surface area contributed by atoms with E-state index in [-0.39, 0.29) is 12.2 Å². The maximum absolute atomic E-state index is 12.7. The van der Waals surface area contributed by atoms with Gasteiger partial charge in [-0.3, -0.25) is 9.59 Å². The van der Waals surface area contributed by atoms with Crippen LogP contribution >= 0.6 is 0 Å². The van der Waals surface area contributed by atoms with Crippen molar-refractivity contribution in [3.05, 3.63) is 64.7 Å². The molecule has 1 aliphatic rings. The molecule has 0 saturated carbocycles. The number of rotatable bonds is 8. The Morgan fingerprint density at radius 3 is 2.50 bits per heavy atom. The highest BCUT2D eigenvalue weighted by molar-refractivity contribution is 6.02. The van der Waals surface area contributed by atoms with E-state index in [0.29, 0.717) is 18.4 Å². The van der Waals surface area contributed by atoms with E-state index in [1.165, 1.54) is 0 Å². The first kappa shape index (κ1) is 19.6. The molecule has 0 radical (unpaired) electrons. The molecule has 146 valence electrons. The first-order valence-electron chi connectivity index (χ1n) is 9.47. The second-order valence-corrected chi connectivity index (χ2v) is 6.97. The molecule has 6 heteroatoms. The normalized spacial score (nSPS) is 13.3. The Morgan fingerprint density at radius 1 is 1.11 bits per heavy atom. The number of carboxylic acids is 1. The van der Waals surface area contributed by atoms with Crippen molar-refractivity contribution < 1.29 is 19.5 Å². The number of amides is 1. The number of hydrogen-bond acceptors (Lipinski definition) is 4. The molecule has 2 aromatic rings. The average Bonchev–Trinajstić information content (AvgIpc) is 3.17. The number of para-hydroxylation sites is 1. The summed E-state index contributed by atoms with van der Waals surface area (Å²) in [6.45, 7) is 2.60. The standard InChI is InChI=1S/C22H24N2O4/c1-2-17(25)12-14-6-8-15(9-7-14)13-19(22(27)28)24-21(26)18-5-3-4-16-10-11-23-20(16)18/h3-9,19,23H,2,10-13H2,1H3,(H,24,26)(H,27,28)/t19-/m1/s1. The van der Waals surface area contributed by atoms with Gasteiger partial charge in [0, 0.05) is 25.8 Å². The molecule has 0 unspecified atom stereocenters. The van der Waals surface area contributed by atoms with Gasteiger partial charge >= 0.3 is 5.97 Å². The fourth-order valence-electron chi connectivity index (χ4n) is 3.35. The summed E-state index contributed by atoms with van der Waals surface area (Å²) in [6.07, 6.45) is 1.89. The minimum Gasteiger partial charge on any atom is -0.480 e. The van der Waals surface area contributed by atoms with E-state index in [2.05, 4.69) is 10.6 Å². The van der Waals surface area contributed by atoms with Gasteiger partial charge in [0.25, 0.3) is 5.91 Å². The summed E-state index contributed by atoms with van der Waals surface area (Å²) < 4.78 is 0. The van der Waals surface area contributed by atoms with Crippen LogP contribution < -0.4 is 10.6 Å². The lowest BCUT2D eigenvalue weighted by Gasteiger charge is -2.16. The SMILES string of the molecule is CCC(=O)Cc1ccc(C[C@@H](NC(=O)c2cccc3c2NCC3)C(=O)O)cc1. The number of carbonyl (C=O) groups is 3. The van der Waals surface area contributed by atoms with Crippen molar-refractivity contribution in [3.8, 4) is 0 Å². The van der Waals surface area contributed by atoms with Crippen LogP contribution in [0.15, 0.2) is 42.5 Å². The van der Waals surface area contributed by atoms with Gasteiger partial charge in [0.15, 0.2) is 0 Å². The molecular weight excluding hydrogens is 356 g/mol. The highest BCUT2D eigenvalue weighted by Gasteiger charge is 2.24. The van der Waals surface area contributed by atoms with Gasteiger partial charge in [-0.2, -0.15) is 0 Å². The number of fused-ring (bicyclic) bond motifs is 1. The predicted molar refractivity (Wildman–Crippen MR) is 107 cm³/mol. The van der Waals surface area contributed by atoms with Crippen molar-refractivity contribution in [2.75, 3.05) is 11.9 Å². The van der Waals surface area contributed by atoms with Crippen molar-refractivity contribution in [2.24, 2.45) is 0 Å². The van der Waals surface area contributed by atoms with Gasteiger partial charge < -0.3 is 15.7 Å². The van der Waals surface area contributed by atoms with Crippen LogP contribution in [0, 0.1) is 0 Å². The summed E-state index contributed by atoms with van der Waals surface area (Å²) in [4.78, 5) is 35.9. The van der Waals surface area contributed by atoms with Crippen LogP contribution in [-0.4, -0.2) is 35.4 Å². The maximum Gasteiger partial charge on any atom is 0.326 e. The summed E-state index contributed by atoms with van der Waals surface area (Å²) in [5, 5.41) is 15.4. The topological polar surface area (TPSA) is 95.5 Å². The van der Waals surface area contributed by atoms with Gasteiger partial charge in [-0.25, -0.2) is 4.79 Å². The Morgan fingerprint density at radius 2 is 1.82 bits per heavy atom. The molecule has 0 bridgehead atoms. The van der Waals surface area contributed by atoms with Crippen LogP contribution in [0.25, 0.3) is 0 Å². The third-order valence-corrected chi connectivity index (χ3v) is 4.95. The maximum atomic E-state index is 12.7. The Kier molecular flexibility index (Phi) is 6.09. The number of carbonyl (C=O) groups excluding carboxylic acids is 2. The number of ketones is 1. The first-order valence-corrected chi connectivity index (χ1v) is 9.47. The molecule has 0 aliphatic carbocycles. The second-order valence-electron chi connectivity index (χ2n) is 6.97. The highest BCUT2D eigenvalue weighted by Crippen LogP contribution is 2.26. The van der Waals surface area contributed by atoms with Crippen molar-refractivity contribution in [1.82, 2.24) is 5.32 Å². The Bertz CT molecular complexity index is 890. The van der Waals surface area contributed by atoms with Crippen molar-refractivity contribution >= 4 is 23.3 Å². The number of nitrogens with one attached hydrogen (secondary N) is 2. The lowest BCUT2D eigenvalue weighted by molar-refractivity contribution is -0.139. The smallest absolute Gasteiger partial charge is 0.326 e. The van der Waals surface area contributed by atoms with Gasteiger partial charge in [0.1, 0.15) is 11.8 Å². The molecule has 0 fully saturated rings. The van der Waals surface area contributed by atoms with E-state index in [1.54, 1.807) is 6.07 Å². The third-order valence-electron chi connectivity index (χ3n) is 4.95. The number of benzene rings is 2. The molecule has 0 aromatic heterocycles. The zero-order valence-corrected chi connectivity index (χ0v) is 15.8. The number of carboxylic acid groups (broad SMARTS) is 1. The van der Waals surface area contributed by atoms with Crippen molar-refractivity contribution in [2.45, 2.75) is 38.6 Å². The Hall–Kier alpha value is -3.15. The number of Topliss-reactive ketones (excluding diaryl/α,β-unsaturated/α-hetero) is 1. The molecule has 6 nitrogen and oxygen atoms in total. The van der Waals surface area contributed by atoms with Crippen LogP contribution in [0.3, 0.4) is 0 Å². The fraction of sp³-hybridized carbons (Fsp3) is 0.318. The molecule has 3 N–H and O–H groups in total. The summed E-state index contributed by atoms with van der Waals surface area (Å²) >= 11 is 0. The van der Waals surface area contributed by atoms with Crippen LogP contribution in [0.4, 0.5) is 5.69 Å². The monoisotopic (exact) mass is 380 g/mol. The zero-order valence-electron chi connectivity index (χ0n) is 15.8. The van der Waals surface area contributed by atoms with Crippen LogP contribution in [0.5, 0.6) is 0 Å². The molecule has 1 atom stereocenters. The molecule has 1 heterocycles. The van der Waals surface area contributed by atoms with E-state index in [1.807, 2.05) is 43.3 Å². The minimum absolute atomic E-state index is 0.160. The Labute approximate surface area is 164 Å². The van der Waals surface area contributed by atoms with E-state index in [0.717, 1.165) is 35.3 Å². The third kappa shape index (κ3) is 4.57. The second kappa shape index (κ2) is 8.69. The number of aliphatic carboxylic acids is 1. The summed E-state index contributed by atoms with van der Waals surface area (Å²) in [5.41, 5.74) is 4.01.